The van der Waals surface area contributed by atoms with Gasteiger partial charge in [-0.2, -0.15) is 0 Å². The Morgan fingerprint density at radius 2 is 0.865 bits per heavy atom. The first-order valence-electron chi connectivity index (χ1n) is 31.2. The second kappa shape index (κ2) is 43.3. The molecule has 5 aliphatic heterocycles. The minimum Gasteiger partial charge on any atom is -0.484 e. The molecule has 13 rings (SSSR count). The first kappa shape index (κ1) is 82.3. The van der Waals surface area contributed by atoms with Crippen molar-refractivity contribution in [1.82, 2.24) is 20.0 Å². The van der Waals surface area contributed by atoms with Gasteiger partial charge in [0.15, 0.2) is 11.6 Å². The number of ketones is 2. The van der Waals surface area contributed by atoms with Gasteiger partial charge >= 0.3 is 0 Å². The number of halogens is 6. The van der Waals surface area contributed by atoms with Gasteiger partial charge in [-0.25, -0.2) is 4.39 Å². The normalized spacial score (nSPS) is 19.2. The molecule has 1 unspecified atom stereocenters. The highest BCUT2D eigenvalue weighted by atomic mass is 35.5. The maximum absolute atomic E-state index is 12.2. The number of nitrogens with one attached hydrogen (secondary N) is 1. The second-order valence-electron chi connectivity index (χ2n) is 23.4. The summed E-state index contributed by atoms with van der Waals surface area (Å²) >= 11 is 27.1. The fourth-order valence-electron chi connectivity index (χ4n) is 11.0. The van der Waals surface area contributed by atoms with Crippen LogP contribution < -0.4 is 20.5 Å². The molecule has 5 aliphatic rings. The van der Waals surface area contributed by atoms with Gasteiger partial charge in [-0.3, -0.25) is 9.59 Å². The molecule has 8 aromatic carbocycles. The number of rotatable bonds is 12. The molecular weight excluding hydrogens is 1410 g/mol. The van der Waals surface area contributed by atoms with Crippen LogP contribution in [0.2, 0.25) is 15.1 Å². The number of ether oxygens (including phenoxy) is 2. The summed E-state index contributed by atoms with van der Waals surface area (Å²) in [5.41, 5.74) is 9.93. The van der Waals surface area contributed by atoms with Crippen LogP contribution in [-0.2, 0) is 0 Å². The molecule has 96 heavy (non-hydrogen) atoms. The van der Waals surface area contributed by atoms with Crippen molar-refractivity contribution < 1.29 is 28.6 Å². The van der Waals surface area contributed by atoms with E-state index in [1.807, 2.05) is 172 Å². The number of carbonyl (C=O) groups excluding carboxylic acids is 2. The van der Waals surface area contributed by atoms with E-state index in [9.17, 15) is 19.1 Å². The van der Waals surface area contributed by atoms with Crippen LogP contribution in [0.4, 0.5) is 4.39 Å². The van der Waals surface area contributed by atoms with E-state index in [1.54, 1.807) is 35.7 Å². The molecule has 0 amide bonds. The lowest BCUT2D eigenvalue weighted by Crippen LogP contribution is -2.33. The van der Waals surface area contributed by atoms with E-state index in [0.717, 1.165) is 92.9 Å². The molecule has 7 atom stereocenters. The first-order valence-corrected chi connectivity index (χ1v) is 37.3. The molecule has 5 heterocycles. The Bertz CT molecular complexity index is 3640. The summed E-state index contributed by atoms with van der Waals surface area (Å²) in [5.74, 6) is 8.08. The summed E-state index contributed by atoms with van der Waals surface area (Å²) < 4.78 is 24.8. The topological polar surface area (TPSA) is 121 Å². The van der Waals surface area contributed by atoms with Gasteiger partial charge in [-0.05, 0) is 129 Å². The number of carbonyl (C=O) groups is 2. The maximum Gasteiger partial charge on any atom is 0.169 e. The van der Waals surface area contributed by atoms with Crippen molar-refractivity contribution >= 4 is 130 Å². The maximum atomic E-state index is 12.2. The standard InChI is InChI=1S/C18H20ClNOS.C17H18ClNOS.C12H17NOS.C12H15NOS.C9H8OS.C6H4ClF.CH5N.2ClH/c1-20(2)11-13-12-22-17-10-6-3-7-14(17)18(13)21-16-9-5-4-8-15(16)19;1-19-10-12-11-21-16-9-5-2-6-13(16)17(12)20-15-8-4-3-7-14(15)18;2*1-13(2)7-9-8-15-11-6-4-3-5-10(11)12(9)14;10-8-5-6-11-9-4-2-1-3-7(8)9;7-5-3-1-2-4-6(5)8;1-2;;/h3-10,13,18H,11-12H2,1-2H3;2-9,12,17,19H,10-11H2,1H3;3-6,9,12,14H,7-8H2,1-2H3;3-6,9H,7-8H2,1-2H3;1-4H,5-6H2;1-4H;2H2,1H3;2*1H/t13-,18-;12-,17-;9-,12-;;;;;;/m111....../s1. The van der Waals surface area contributed by atoms with Crippen molar-refractivity contribution in [1.29, 1.82) is 0 Å². The fraction of sp³-hybridized carbons (Fsp3) is 0.333. The van der Waals surface area contributed by atoms with Gasteiger partial charge in [-0.1, -0.05) is 162 Å². The van der Waals surface area contributed by atoms with Gasteiger partial charge in [-0.15, -0.1) is 83.6 Å². The monoisotopic (exact) mass is 1490 g/mol. The summed E-state index contributed by atoms with van der Waals surface area (Å²) in [4.78, 5) is 36.0. The average Bonchev–Trinajstić information content (AvgIpc) is 0.820. The van der Waals surface area contributed by atoms with Crippen LogP contribution in [0.3, 0.4) is 0 Å². The fourth-order valence-corrected chi connectivity index (χ4v) is 17.3. The predicted molar refractivity (Wildman–Crippen MR) is 413 cm³/mol. The molecule has 21 heteroatoms. The Morgan fingerprint density at radius 3 is 1.34 bits per heavy atom. The van der Waals surface area contributed by atoms with E-state index >= 15 is 0 Å². The molecule has 516 valence electrons. The van der Waals surface area contributed by atoms with Crippen molar-refractivity contribution in [2.24, 2.45) is 29.4 Å². The van der Waals surface area contributed by atoms with E-state index < -0.39 is 0 Å². The lowest BCUT2D eigenvalue weighted by Gasteiger charge is -2.35. The molecule has 10 nitrogen and oxygen atoms in total. The second-order valence-corrected chi connectivity index (χ2v) is 30.0. The highest BCUT2D eigenvalue weighted by Crippen LogP contribution is 2.45. The van der Waals surface area contributed by atoms with Crippen molar-refractivity contribution in [2.75, 3.05) is 111 Å². The van der Waals surface area contributed by atoms with Crippen LogP contribution >= 0.6 is 118 Å². The lowest BCUT2D eigenvalue weighted by atomic mass is 9.95. The Kier molecular flexibility index (Phi) is 37.1. The number of aliphatic hydroxyl groups excluding tert-OH is 1. The molecule has 4 N–H and O–H groups in total. The van der Waals surface area contributed by atoms with Crippen molar-refractivity contribution in [2.45, 2.75) is 49.2 Å². The Hall–Kier alpha value is -4.41. The van der Waals surface area contributed by atoms with E-state index in [1.165, 1.54) is 45.0 Å². The molecule has 0 fully saturated rings. The number of hydrogen-bond donors (Lipinski definition) is 3. The number of para-hydroxylation sites is 2. The zero-order valence-electron chi connectivity index (χ0n) is 55.5. The molecule has 8 aromatic rings. The minimum atomic E-state index is -0.367. The van der Waals surface area contributed by atoms with Gasteiger partial charge < -0.3 is 40.3 Å². The predicted octanol–water partition coefficient (Wildman–Crippen LogP) is 18.6. The zero-order chi connectivity index (χ0) is 67.5. The summed E-state index contributed by atoms with van der Waals surface area (Å²) in [6, 6.07) is 62.4. The van der Waals surface area contributed by atoms with Gasteiger partial charge in [0.2, 0.25) is 0 Å². The van der Waals surface area contributed by atoms with Gasteiger partial charge in [0.25, 0.3) is 0 Å². The molecule has 0 saturated heterocycles. The van der Waals surface area contributed by atoms with Gasteiger partial charge in [0.1, 0.15) is 29.5 Å². The number of thioether (sulfide) groups is 5. The number of nitrogens with zero attached hydrogens (tertiary/aromatic N) is 3. The van der Waals surface area contributed by atoms with Crippen LogP contribution in [0.1, 0.15) is 62.1 Å². The molecule has 0 bridgehead atoms. The third kappa shape index (κ3) is 24.7. The highest BCUT2D eigenvalue weighted by molar-refractivity contribution is 8.00. The van der Waals surface area contributed by atoms with Crippen molar-refractivity contribution in [3.63, 3.8) is 0 Å². The third-order valence-electron chi connectivity index (χ3n) is 15.3. The summed E-state index contributed by atoms with van der Waals surface area (Å²) in [5, 5.41) is 15.0. The summed E-state index contributed by atoms with van der Waals surface area (Å²) in [6.45, 7) is 3.72. The molecule has 0 spiro atoms. The van der Waals surface area contributed by atoms with Crippen LogP contribution in [-0.4, -0.2) is 143 Å². The van der Waals surface area contributed by atoms with E-state index in [0.29, 0.717) is 45.8 Å². The molecule has 0 saturated carbocycles. The third-order valence-corrected chi connectivity index (χ3v) is 22.4. The zero-order valence-corrected chi connectivity index (χ0v) is 63.4. The highest BCUT2D eigenvalue weighted by Gasteiger charge is 2.34. The van der Waals surface area contributed by atoms with Gasteiger partial charge in [0, 0.05) is 132 Å². The Balaban J connectivity index is 0.000000211. The van der Waals surface area contributed by atoms with Gasteiger partial charge in [0.05, 0.1) is 21.2 Å². The number of fused-ring (bicyclic) bond motifs is 5. The van der Waals surface area contributed by atoms with Crippen LogP contribution in [0.5, 0.6) is 11.5 Å². The Labute approximate surface area is 617 Å². The SMILES string of the molecule is CN.CN(C)CC1CSc2ccccc2C1=O.CN(C)C[C@@H]1CSc2ccccc2[C@@H]1O.CN(C)C[C@@H]1CSc2ccccc2[C@@H]1Oc1ccccc1Cl.CNC[C@@H]1CSc2ccccc2[C@@H]1Oc1ccccc1Cl.Cl.Cl.Fc1ccccc1Cl.O=C1CCSc2ccccc21. The van der Waals surface area contributed by atoms with Crippen molar-refractivity contribution in [3.05, 3.63) is 243 Å². The van der Waals surface area contributed by atoms with E-state index in [2.05, 4.69) is 109 Å². The summed E-state index contributed by atoms with van der Waals surface area (Å²) in [6.07, 6.45) is 0.473. The van der Waals surface area contributed by atoms with E-state index in [-0.39, 0.29) is 59.9 Å². The molecular formula is C75H89Cl5FN5O5S5. The number of hydrogen-bond acceptors (Lipinski definition) is 15. The van der Waals surface area contributed by atoms with Crippen LogP contribution in [0.15, 0.2) is 219 Å². The largest absolute Gasteiger partial charge is 0.484 e. The average molecular weight is 1500 g/mol. The smallest absolute Gasteiger partial charge is 0.169 e. The van der Waals surface area contributed by atoms with Crippen LogP contribution in [0, 0.1) is 29.5 Å². The minimum absolute atomic E-state index is 0. The molecule has 0 aromatic heterocycles. The van der Waals surface area contributed by atoms with Crippen LogP contribution in [0.25, 0.3) is 0 Å². The first-order chi connectivity index (χ1) is 45.5. The molecule has 0 aliphatic carbocycles. The number of aliphatic hydroxyl groups is 1. The van der Waals surface area contributed by atoms with Crippen molar-refractivity contribution in [3.8, 4) is 11.5 Å². The number of nitrogens with two attached hydrogens (primary N) is 1. The molecule has 0 radical (unpaired) electrons. The summed E-state index contributed by atoms with van der Waals surface area (Å²) in [7, 11) is 15.8. The quantitative estimate of drug-likeness (QED) is 0.108. The lowest BCUT2D eigenvalue weighted by molar-refractivity contribution is 0.0906. The number of benzene rings is 8. The Morgan fingerprint density at radius 1 is 0.479 bits per heavy atom. The van der Waals surface area contributed by atoms with E-state index in [4.69, 9.17) is 44.3 Å². The number of Topliss-reactive ketones (excluding diaryl/α,β-unsaturated/α-hetero) is 2.